The van der Waals surface area contributed by atoms with Gasteiger partial charge in [-0.3, -0.25) is 4.79 Å². The second-order valence-electron chi connectivity index (χ2n) is 4.98. The Kier molecular flexibility index (Phi) is 6.91. The van der Waals surface area contributed by atoms with Crippen molar-refractivity contribution in [3.63, 3.8) is 0 Å². The summed E-state index contributed by atoms with van der Waals surface area (Å²) in [6.07, 6.45) is 3.66. The van der Waals surface area contributed by atoms with Gasteiger partial charge in [0.2, 0.25) is 0 Å². The standard InChI is InChI=1S/C16H26N2O2/c1-4-6-7-10-18-16(19)12(3)20-15-9-8-13(5-2)11-14(15)17/h8-9,11-12H,4-7,10,17H2,1-3H3,(H,18,19). The average Bonchev–Trinajstić information content (AvgIpc) is 2.45. The van der Waals surface area contributed by atoms with E-state index in [-0.39, 0.29) is 5.91 Å². The number of nitrogen functional groups attached to an aromatic ring is 1. The third kappa shape index (κ3) is 5.11. The van der Waals surface area contributed by atoms with Gasteiger partial charge in [-0.1, -0.05) is 32.8 Å². The quantitative estimate of drug-likeness (QED) is 0.567. The number of unbranched alkanes of at least 4 members (excludes halogenated alkanes) is 2. The second-order valence-corrected chi connectivity index (χ2v) is 4.98. The van der Waals surface area contributed by atoms with E-state index in [1.165, 1.54) is 0 Å². The first kappa shape index (κ1) is 16.3. The molecule has 1 atom stereocenters. The average molecular weight is 278 g/mol. The number of anilines is 1. The lowest BCUT2D eigenvalue weighted by Crippen LogP contribution is -2.36. The number of ether oxygens (including phenoxy) is 1. The molecule has 1 aromatic rings. The van der Waals surface area contributed by atoms with Crippen LogP contribution in [0.5, 0.6) is 5.75 Å². The predicted molar refractivity (Wildman–Crippen MR) is 82.9 cm³/mol. The highest BCUT2D eigenvalue weighted by Gasteiger charge is 2.15. The van der Waals surface area contributed by atoms with E-state index in [0.29, 0.717) is 18.0 Å². The molecule has 0 saturated heterocycles. The van der Waals surface area contributed by atoms with Crippen LogP contribution in [0.2, 0.25) is 0 Å². The lowest BCUT2D eigenvalue weighted by Gasteiger charge is -2.16. The van der Waals surface area contributed by atoms with Gasteiger partial charge in [-0.05, 0) is 37.5 Å². The zero-order chi connectivity index (χ0) is 15.0. The van der Waals surface area contributed by atoms with Gasteiger partial charge in [0.25, 0.3) is 5.91 Å². The summed E-state index contributed by atoms with van der Waals surface area (Å²) < 4.78 is 5.63. The zero-order valence-corrected chi connectivity index (χ0v) is 12.7. The number of nitrogens with one attached hydrogen (secondary N) is 1. The van der Waals surface area contributed by atoms with Crippen LogP contribution in [0.3, 0.4) is 0 Å². The molecule has 0 aliphatic carbocycles. The molecular formula is C16H26N2O2. The molecule has 1 rings (SSSR count). The van der Waals surface area contributed by atoms with Crippen molar-refractivity contribution in [3.05, 3.63) is 23.8 Å². The van der Waals surface area contributed by atoms with Gasteiger partial charge in [0.05, 0.1) is 5.69 Å². The van der Waals surface area contributed by atoms with E-state index in [4.69, 9.17) is 10.5 Å². The van der Waals surface area contributed by atoms with Gasteiger partial charge in [-0.15, -0.1) is 0 Å². The summed E-state index contributed by atoms with van der Waals surface area (Å²) in [6.45, 7) is 6.64. The molecule has 0 saturated carbocycles. The maximum absolute atomic E-state index is 11.9. The molecule has 0 heterocycles. The van der Waals surface area contributed by atoms with Gasteiger partial charge in [0.15, 0.2) is 6.10 Å². The number of aryl methyl sites for hydroxylation is 1. The van der Waals surface area contributed by atoms with Crippen LogP contribution < -0.4 is 15.8 Å². The van der Waals surface area contributed by atoms with Gasteiger partial charge >= 0.3 is 0 Å². The zero-order valence-electron chi connectivity index (χ0n) is 12.7. The van der Waals surface area contributed by atoms with Crippen molar-refractivity contribution >= 4 is 11.6 Å². The highest BCUT2D eigenvalue weighted by atomic mass is 16.5. The molecule has 20 heavy (non-hydrogen) atoms. The van der Waals surface area contributed by atoms with Gasteiger partial charge in [0, 0.05) is 6.54 Å². The van der Waals surface area contributed by atoms with Crippen LogP contribution in [-0.4, -0.2) is 18.6 Å². The number of rotatable bonds is 8. The summed E-state index contributed by atoms with van der Waals surface area (Å²) in [5.41, 5.74) is 7.67. The van der Waals surface area contributed by atoms with Crippen molar-refractivity contribution in [1.29, 1.82) is 0 Å². The third-order valence-electron chi connectivity index (χ3n) is 3.23. The normalized spacial score (nSPS) is 11.9. The van der Waals surface area contributed by atoms with Crippen LogP contribution in [0, 0.1) is 0 Å². The van der Waals surface area contributed by atoms with Gasteiger partial charge in [0.1, 0.15) is 5.75 Å². The maximum Gasteiger partial charge on any atom is 0.260 e. The third-order valence-corrected chi connectivity index (χ3v) is 3.23. The SMILES string of the molecule is CCCCCNC(=O)C(C)Oc1ccc(CC)cc1N. The summed E-state index contributed by atoms with van der Waals surface area (Å²) in [6, 6.07) is 5.69. The van der Waals surface area contributed by atoms with E-state index in [1.54, 1.807) is 6.92 Å². The molecule has 1 unspecified atom stereocenters. The van der Waals surface area contributed by atoms with Crippen LogP contribution in [-0.2, 0) is 11.2 Å². The van der Waals surface area contributed by atoms with Crippen molar-refractivity contribution < 1.29 is 9.53 Å². The summed E-state index contributed by atoms with van der Waals surface area (Å²) >= 11 is 0. The molecule has 0 spiro atoms. The number of amides is 1. The fourth-order valence-corrected chi connectivity index (χ4v) is 1.90. The number of nitrogens with two attached hydrogens (primary N) is 1. The summed E-state index contributed by atoms with van der Waals surface area (Å²) in [4.78, 5) is 11.9. The fraction of sp³-hybridized carbons (Fsp3) is 0.562. The van der Waals surface area contributed by atoms with Crippen LogP contribution >= 0.6 is 0 Å². The predicted octanol–water partition coefficient (Wildman–Crippen LogP) is 2.90. The Morgan fingerprint density at radius 1 is 1.35 bits per heavy atom. The van der Waals surface area contributed by atoms with Crippen molar-refractivity contribution in [2.24, 2.45) is 0 Å². The topological polar surface area (TPSA) is 64.3 Å². The molecule has 4 heteroatoms. The number of benzene rings is 1. The Labute approximate surface area is 121 Å². The van der Waals surface area contributed by atoms with E-state index in [1.807, 2.05) is 18.2 Å². The molecule has 4 nitrogen and oxygen atoms in total. The van der Waals surface area contributed by atoms with E-state index in [0.717, 1.165) is 31.2 Å². The Balaban J connectivity index is 2.48. The van der Waals surface area contributed by atoms with E-state index < -0.39 is 6.10 Å². The molecule has 1 aromatic carbocycles. The Morgan fingerprint density at radius 2 is 2.10 bits per heavy atom. The first-order valence-corrected chi connectivity index (χ1v) is 7.41. The first-order chi connectivity index (χ1) is 9.58. The van der Waals surface area contributed by atoms with Crippen LogP contribution in [0.25, 0.3) is 0 Å². The molecule has 0 fully saturated rings. The maximum atomic E-state index is 11.9. The first-order valence-electron chi connectivity index (χ1n) is 7.41. The molecule has 0 aliphatic heterocycles. The smallest absolute Gasteiger partial charge is 0.260 e. The van der Waals surface area contributed by atoms with E-state index in [9.17, 15) is 4.79 Å². The molecule has 3 N–H and O–H groups in total. The lowest BCUT2D eigenvalue weighted by molar-refractivity contribution is -0.127. The van der Waals surface area contributed by atoms with Crippen molar-refractivity contribution in [1.82, 2.24) is 5.32 Å². The fourth-order valence-electron chi connectivity index (χ4n) is 1.90. The molecule has 0 aromatic heterocycles. The monoisotopic (exact) mass is 278 g/mol. The Morgan fingerprint density at radius 3 is 2.70 bits per heavy atom. The minimum absolute atomic E-state index is 0.0972. The molecule has 0 bridgehead atoms. The summed E-state index contributed by atoms with van der Waals surface area (Å²) in [5, 5.41) is 2.87. The molecule has 0 aliphatic rings. The van der Waals surface area contributed by atoms with Gasteiger partial charge in [-0.2, -0.15) is 0 Å². The highest BCUT2D eigenvalue weighted by Crippen LogP contribution is 2.23. The summed E-state index contributed by atoms with van der Waals surface area (Å²) in [5.74, 6) is 0.471. The Bertz CT molecular complexity index is 432. The molecular weight excluding hydrogens is 252 g/mol. The van der Waals surface area contributed by atoms with Crippen molar-refractivity contribution in [2.75, 3.05) is 12.3 Å². The lowest BCUT2D eigenvalue weighted by atomic mass is 10.1. The van der Waals surface area contributed by atoms with Crippen molar-refractivity contribution in [3.8, 4) is 5.75 Å². The van der Waals surface area contributed by atoms with Gasteiger partial charge in [-0.25, -0.2) is 0 Å². The van der Waals surface area contributed by atoms with E-state index >= 15 is 0 Å². The minimum atomic E-state index is -0.536. The number of hydrogen-bond acceptors (Lipinski definition) is 3. The highest BCUT2D eigenvalue weighted by molar-refractivity contribution is 5.80. The van der Waals surface area contributed by atoms with Crippen LogP contribution in [0.1, 0.15) is 45.6 Å². The molecule has 1 amide bonds. The number of carbonyl (C=O) groups is 1. The van der Waals surface area contributed by atoms with Crippen molar-refractivity contribution in [2.45, 2.75) is 52.6 Å². The second kappa shape index (κ2) is 8.46. The summed E-state index contributed by atoms with van der Waals surface area (Å²) in [7, 11) is 0. The Hall–Kier alpha value is -1.71. The van der Waals surface area contributed by atoms with Crippen LogP contribution in [0.4, 0.5) is 5.69 Å². The van der Waals surface area contributed by atoms with Gasteiger partial charge < -0.3 is 15.8 Å². The largest absolute Gasteiger partial charge is 0.479 e. The minimum Gasteiger partial charge on any atom is -0.479 e. The molecule has 112 valence electrons. The molecule has 0 radical (unpaired) electrons. The number of hydrogen-bond donors (Lipinski definition) is 2. The van der Waals surface area contributed by atoms with Crippen LogP contribution in [0.15, 0.2) is 18.2 Å². The van der Waals surface area contributed by atoms with E-state index in [2.05, 4.69) is 19.2 Å². The number of carbonyl (C=O) groups excluding carboxylic acids is 1.